The van der Waals surface area contributed by atoms with Crippen LogP contribution in [0.4, 0.5) is 0 Å². The molecule has 4 heteroatoms. The fraction of sp³-hybridized carbons (Fsp3) is 0.391. The molecule has 0 saturated heterocycles. The summed E-state index contributed by atoms with van der Waals surface area (Å²) in [4.78, 5) is 24.6. The molecular formula is C23H29NO3. The Bertz CT molecular complexity index is 698. The quantitative estimate of drug-likeness (QED) is 0.507. The summed E-state index contributed by atoms with van der Waals surface area (Å²) in [5.41, 5.74) is 2.20. The van der Waals surface area contributed by atoms with E-state index in [9.17, 15) is 9.59 Å². The van der Waals surface area contributed by atoms with Crippen molar-refractivity contribution >= 4 is 11.9 Å². The maximum absolute atomic E-state index is 12.4. The summed E-state index contributed by atoms with van der Waals surface area (Å²) < 4.78 is 5.42. The third-order valence-corrected chi connectivity index (χ3v) is 4.54. The molecule has 0 bridgehead atoms. The lowest BCUT2D eigenvalue weighted by Crippen LogP contribution is -2.32. The lowest BCUT2D eigenvalue weighted by molar-refractivity contribution is -0.153. The van der Waals surface area contributed by atoms with Gasteiger partial charge in [0.1, 0.15) is 6.61 Å². The Labute approximate surface area is 161 Å². The van der Waals surface area contributed by atoms with E-state index in [-0.39, 0.29) is 30.8 Å². The number of carbonyl (C=O) groups excluding carboxylic acids is 2. The summed E-state index contributed by atoms with van der Waals surface area (Å²) in [5, 5.41) is 2.92. The minimum absolute atomic E-state index is 0.0448. The smallest absolute Gasteiger partial charge is 0.310 e. The van der Waals surface area contributed by atoms with Gasteiger partial charge in [-0.05, 0) is 29.9 Å². The van der Waals surface area contributed by atoms with E-state index in [4.69, 9.17) is 4.74 Å². The summed E-state index contributed by atoms with van der Waals surface area (Å²) in [5.74, 6) is -0.794. The zero-order valence-corrected chi connectivity index (χ0v) is 16.2. The molecule has 0 aliphatic rings. The average molecular weight is 367 g/mol. The largest absolute Gasteiger partial charge is 0.461 e. The number of hydrogen-bond donors (Lipinski definition) is 1. The summed E-state index contributed by atoms with van der Waals surface area (Å²) >= 11 is 0. The number of amides is 1. The summed E-state index contributed by atoms with van der Waals surface area (Å²) in [7, 11) is 0. The first-order valence-electron chi connectivity index (χ1n) is 9.57. The lowest BCUT2D eigenvalue weighted by atomic mass is 9.92. The highest BCUT2D eigenvalue weighted by atomic mass is 16.5. The van der Waals surface area contributed by atoms with Gasteiger partial charge in [0.15, 0.2) is 0 Å². The number of rotatable bonds is 10. The van der Waals surface area contributed by atoms with Gasteiger partial charge in [-0.2, -0.15) is 0 Å². The van der Waals surface area contributed by atoms with Crippen LogP contribution in [0.25, 0.3) is 0 Å². The predicted molar refractivity (Wildman–Crippen MR) is 107 cm³/mol. The van der Waals surface area contributed by atoms with Crippen LogP contribution in [-0.4, -0.2) is 18.4 Å². The molecule has 1 amide bonds. The minimum atomic E-state index is -0.428. The molecule has 2 aromatic rings. The molecule has 0 aliphatic carbocycles. The normalized spacial score (nSPS) is 11.8. The Morgan fingerprint density at radius 1 is 0.926 bits per heavy atom. The highest BCUT2D eigenvalue weighted by Gasteiger charge is 2.26. The molecule has 4 nitrogen and oxygen atoms in total. The van der Waals surface area contributed by atoms with Gasteiger partial charge in [-0.3, -0.25) is 9.59 Å². The molecule has 0 radical (unpaired) electrons. The zero-order chi connectivity index (χ0) is 19.5. The van der Waals surface area contributed by atoms with Crippen LogP contribution in [-0.2, 0) is 27.4 Å². The highest BCUT2D eigenvalue weighted by Crippen LogP contribution is 2.18. The molecule has 0 saturated carbocycles. The van der Waals surface area contributed by atoms with Crippen molar-refractivity contribution in [3.05, 3.63) is 71.8 Å². The number of hydrogen-bond acceptors (Lipinski definition) is 3. The molecule has 0 fully saturated rings. The van der Waals surface area contributed by atoms with Crippen LogP contribution in [0.3, 0.4) is 0 Å². The van der Waals surface area contributed by atoms with Crippen molar-refractivity contribution in [2.24, 2.45) is 11.8 Å². The van der Waals surface area contributed by atoms with Gasteiger partial charge in [0.25, 0.3) is 0 Å². The van der Waals surface area contributed by atoms with E-state index in [0.717, 1.165) is 18.4 Å². The van der Waals surface area contributed by atoms with Crippen LogP contribution in [0.1, 0.15) is 37.8 Å². The second-order valence-electron chi connectivity index (χ2n) is 7.09. The molecule has 0 aliphatic heterocycles. The second-order valence-corrected chi connectivity index (χ2v) is 7.09. The molecule has 0 spiro atoms. The average Bonchev–Trinajstić information content (AvgIpc) is 2.69. The monoisotopic (exact) mass is 367 g/mol. The highest BCUT2D eigenvalue weighted by molar-refractivity contribution is 5.83. The van der Waals surface area contributed by atoms with Crippen molar-refractivity contribution in [1.29, 1.82) is 0 Å². The number of nitrogens with one attached hydrogen (secondary N) is 1. The third-order valence-electron chi connectivity index (χ3n) is 4.54. The van der Waals surface area contributed by atoms with E-state index in [1.165, 1.54) is 5.56 Å². The third kappa shape index (κ3) is 7.65. The lowest BCUT2D eigenvalue weighted by Gasteiger charge is -2.19. The molecule has 1 atom stereocenters. The Kier molecular flexibility index (Phi) is 8.56. The van der Waals surface area contributed by atoms with Gasteiger partial charge >= 0.3 is 5.97 Å². The van der Waals surface area contributed by atoms with Crippen LogP contribution >= 0.6 is 0 Å². The molecule has 1 unspecified atom stereocenters. The van der Waals surface area contributed by atoms with Crippen molar-refractivity contribution in [2.45, 2.75) is 39.7 Å². The van der Waals surface area contributed by atoms with E-state index >= 15 is 0 Å². The zero-order valence-electron chi connectivity index (χ0n) is 16.2. The Hall–Kier alpha value is -2.62. The van der Waals surface area contributed by atoms with E-state index in [2.05, 4.69) is 17.4 Å². The van der Waals surface area contributed by atoms with Crippen molar-refractivity contribution in [3.8, 4) is 0 Å². The molecule has 2 rings (SSSR count). The van der Waals surface area contributed by atoms with Crippen LogP contribution < -0.4 is 5.32 Å². The van der Waals surface area contributed by atoms with Gasteiger partial charge in [-0.25, -0.2) is 0 Å². The molecule has 2 aromatic carbocycles. The number of benzene rings is 2. The van der Waals surface area contributed by atoms with Gasteiger partial charge in [-0.15, -0.1) is 0 Å². The molecular weight excluding hydrogens is 338 g/mol. The van der Waals surface area contributed by atoms with Crippen molar-refractivity contribution < 1.29 is 14.3 Å². The topological polar surface area (TPSA) is 55.4 Å². The fourth-order valence-electron chi connectivity index (χ4n) is 2.86. The number of carbonyl (C=O) groups is 2. The Morgan fingerprint density at radius 3 is 2.11 bits per heavy atom. The molecule has 1 N–H and O–H groups in total. The summed E-state index contributed by atoms with van der Waals surface area (Å²) in [6.45, 7) is 4.73. The van der Waals surface area contributed by atoms with Crippen LogP contribution in [0.15, 0.2) is 60.7 Å². The SMILES string of the molecule is CC(C)C(CC(=O)NCCCc1ccccc1)C(=O)OCc1ccccc1. The first kappa shape index (κ1) is 20.7. The van der Waals surface area contributed by atoms with Gasteiger partial charge < -0.3 is 10.1 Å². The standard InChI is InChI=1S/C23H29NO3/c1-18(2)21(23(26)27-17-20-12-7-4-8-13-20)16-22(25)24-15-9-14-19-10-5-3-6-11-19/h3-8,10-13,18,21H,9,14-17H2,1-2H3,(H,24,25). The molecule has 0 aromatic heterocycles. The summed E-state index contributed by atoms with van der Waals surface area (Å²) in [6.07, 6.45) is 1.96. The number of esters is 1. The first-order valence-corrected chi connectivity index (χ1v) is 9.57. The number of aryl methyl sites for hydroxylation is 1. The fourth-order valence-corrected chi connectivity index (χ4v) is 2.86. The van der Waals surface area contributed by atoms with E-state index in [0.29, 0.717) is 6.54 Å². The minimum Gasteiger partial charge on any atom is -0.461 e. The van der Waals surface area contributed by atoms with Crippen LogP contribution in [0, 0.1) is 11.8 Å². The van der Waals surface area contributed by atoms with Gasteiger partial charge in [0, 0.05) is 13.0 Å². The van der Waals surface area contributed by atoms with Gasteiger partial charge in [-0.1, -0.05) is 74.5 Å². The molecule has 0 heterocycles. The Morgan fingerprint density at radius 2 is 1.52 bits per heavy atom. The van der Waals surface area contributed by atoms with Crippen molar-refractivity contribution in [2.75, 3.05) is 6.54 Å². The van der Waals surface area contributed by atoms with E-state index in [1.807, 2.05) is 62.4 Å². The summed E-state index contributed by atoms with van der Waals surface area (Å²) in [6, 6.07) is 19.8. The van der Waals surface area contributed by atoms with Crippen molar-refractivity contribution in [3.63, 3.8) is 0 Å². The second kappa shape index (κ2) is 11.2. The Balaban J connectivity index is 1.73. The first-order chi connectivity index (χ1) is 13.1. The van der Waals surface area contributed by atoms with E-state index in [1.54, 1.807) is 0 Å². The predicted octanol–water partition coefficient (Wildman–Crippen LogP) is 4.14. The van der Waals surface area contributed by atoms with Crippen molar-refractivity contribution in [1.82, 2.24) is 5.32 Å². The van der Waals surface area contributed by atoms with Crippen LogP contribution in [0.2, 0.25) is 0 Å². The van der Waals surface area contributed by atoms with Crippen LogP contribution in [0.5, 0.6) is 0 Å². The van der Waals surface area contributed by atoms with E-state index < -0.39 is 5.92 Å². The molecule has 27 heavy (non-hydrogen) atoms. The van der Waals surface area contributed by atoms with Gasteiger partial charge in [0.05, 0.1) is 5.92 Å². The maximum atomic E-state index is 12.4. The van der Waals surface area contributed by atoms with Gasteiger partial charge in [0.2, 0.25) is 5.91 Å². The maximum Gasteiger partial charge on any atom is 0.310 e. The molecule has 144 valence electrons. The number of ether oxygens (including phenoxy) is 1.